The fraction of sp³-hybridized carbons (Fsp3) is 0.413. The molecule has 0 unspecified atom stereocenters. The Labute approximate surface area is 362 Å². The van der Waals surface area contributed by atoms with E-state index in [0.717, 1.165) is 15.8 Å². The minimum atomic E-state index is -2.08. The zero-order chi connectivity index (χ0) is 47.5. The second kappa shape index (κ2) is 24.5. The van der Waals surface area contributed by atoms with Gasteiger partial charge in [-0.05, 0) is 35.6 Å². The van der Waals surface area contributed by atoms with E-state index >= 15 is 0 Å². The first-order chi connectivity index (χ1) is 31.0. The molecule has 1 heterocycles. The highest BCUT2D eigenvalue weighted by Crippen LogP contribution is 2.21. The molecule has 0 saturated heterocycles. The van der Waals surface area contributed by atoms with E-state index in [4.69, 9.17) is 16.0 Å². The van der Waals surface area contributed by atoms with Crippen LogP contribution in [0.2, 0.25) is 0 Å². The number of nitrogens with zero attached hydrogens (tertiary/aromatic N) is 1. The lowest BCUT2D eigenvalue weighted by Crippen LogP contribution is -2.59. The molecule has 15 nitrogen and oxygen atoms in total. The number of primary amides is 1. The van der Waals surface area contributed by atoms with Gasteiger partial charge in [0.2, 0.25) is 35.4 Å². The summed E-state index contributed by atoms with van der Waals surface area (Å²) in [6, 6.07) is 19.6. The molecule has 0 bridgehead atoms. The van der Waals surface area contributed by atoms with Crippen LogP contribution in [0.4, 0.5) is 0 Å². The Morgan fingerprint density at radius 2 is 1.46 bits per heavy atom. The van der Waals surface area contributed by atoms with Crippen molar-refractivity contribution in [2.45, 2.75) is 109 Å². The maximum atomic E-state index is 14.6. The maximum Gasteiger partial charge on any atom is 0.308 e. The third-order valence-electron chi connectivity index (χ3n) is 10.0. The fourth-order valence-electron chi connectivity index (χ4n) is 6.68. The first-order valence-corrected chi connectivity index (χ1v) is 20.3. The Morgan fingerprint density at radius 3 is 2.15 bits per heavy atom. The number of fused-ring (bicyclic) bond motifs is 1. The molecule has 0 aliphatic carbocycles. The van der Waals surface area contributed by atoms with Crippen molar-refractivity contribution in [3.8, 4) is 0 Å². The molecule has 15 heteroatoms. The largest absolute Gasteiger partial charge is 0.461 e. The number of unbranched alkanes of at least 4 members (excludes halogenated alkanes) is 1. The molecule has 4 rings (SSSR count). The van der Waals surface area contributed by atoms with E-state index in [1.54, 1.807) is 66.9 Å². The van der Waals surface area contributed by atoms with Crippen LogP contribution in [0.1, 0.15) is 87.3 Å². The number of carbonyl (C=O) groups excluding carboxylic acids is 7. The van der Waals surface area contributed by atoms with Crippen LogP contribution in [-0.2, 0) is 57.7 Å². The van der Waals surface area contributed by atoms with Gasteiger partial charge < -0.3 is 41.6 Å². The number of nitrogens with one attached hydrogen (secondary N) is 5. The molecular weight excluding hydrogens is 779 g/mol. The van der Waals surface area contributed by atoms with Crippen molar-refractivity contribution >= 4 is 52.3 Å². The van der Waals surface area contributed by atoms with Gasteiger partial charge in [0.1, 0.15) is 37.2 Å². The number of para-hydroxylation sites is 1. The lowest BCUT2D eigenvalue weighted by molar-refractivity contribution is -0.148. The summed E-state index contributed by atoms with van der Waals surface area (Å²) in [6.45, 7) is 0.0600. The number of esters is 1. The molecule has 326 valence electrons. The number of aromatic amines is 1. The fourth-order valence-corrected chi connectivity index (χ4v) is 6.68. The summed E-state index contributed by atoms with van der Waals surface area (Å²) in [5.74, 6) is -5.56. The first-order valence-electron chi connectivity index (χ1n) is 22.5. The predicted molar refractivity (Wildman–Crippen MR) is 231 cm³/mol. The average molecular weight is 846 g/mol. The second-order valence-corrected chi connectivity index (χ2v) is 14.7. The van der Waals surface area contributed by atoms with Crippen molar-refractivity contribution < 1.29 is 43.8 Å². The Bertz CT molecular complexity index is 2230. The van der Waals surface area contributed by atoms with Crippen LogP contribution in [0.3, 0.4) is 0 Å². The zero-order valence-corrected chi connectivity index (χ0v) is 34.6. The summed E-state index contributed by atoms with van der Waals surface area (Å²) in [7, 11) is 1.38. The van der Waals surface area contributed by atoms with Gasteiger partial charge in [-0.25, -0.2) is 0 Å². The molecule has 4 atom stereocenters. The highest BCUT2D eigenvalue weighted by molar-refractivity contribution is 6.00. The Balaban J connectivity index is 1.56. The molecule has 7 N–H and O–H groups in total. The summed E-state index contributed by atoms with van der Waals surface area (Å²) < 4.78 is 35.6. The van der Waals surface area contributed by atoms with Crippen LogP contribution >= 0.6 is 0 Å². The van der Waals surface area contributed by atoms with Gasteiger partial charge in [-0.15, -0.1) is 0 Å². The van der Waals surface area contributed by atoms with Crippen molar-refractivity contribution in [3.63, 3.8) is 0 Å². The normalized spacial score (nSPS) is 14.1. The van der Waals surface area contributed by atoms with E-state index in [9.17, 15) is 33.6 Å². The van der Waals surface area contributed by atoms with Gasteiger partial charge in [-0.1, -0.05) is 118 Å². The summed E-state index contributed by atoms with van der Waals surface area (Å²) in [5, 5.41) is 11.2. The van der Waals surface area contributed by atoms with E-state index in [1.165, 1.54) is 7.05 Å². The van der Waals surface area contributed by atoms with Gasteiger partial charge >= 0.3 is 5.97 Å². The van der Waals surface area contributed by atoms with Crippen molar-refractivity contribution in [1.29, 1.82) is 0 Å². The second-order valence-electron chi connectivity index (χ2n) is 14.7. The number of rotatable bonds is 25. The molecule has 0 fully saturated rings. The third-order valence-corrected chi connectivity index (χ3v) is 10.0. The van der Waals surface area contributed by atoms with Gasteiger partial charge in [-0.3, -0.25) is 33.6 Å². The summed E-state index contributed by atoms with van der Waals surface area (Å²) in [4.78, 5) is 99.2. The number of ether oxygens (including phenoxy) is 1. The van der Waals surface area contributed by atoms with E-state index in [1.807, 2.05) is 31.2 Å². The topological polar surface area (TPSA) is 222 Å². The average Bonchev–Trinajstić information content (AvgIpc) is 3.69. The molecule has 0 aliphatic heterocycles. The highest BCUT2D eigenvalue weighted by atomic mass is 16.5. The van der Waals surface area contributed by atoms with Crippen LogP contribution in [0.25, 0.3) is 10.9 Å². The maximum absolute atomic E-state index is 14.6. The Kier molecular flexibility index (Phi) is 16.6. The number of hydrogen-bond acceptors (Lipinski definition) is 8. The molecular formula is C46H59N7O8. The number of nitrogens with two attached hydrogens (primary N) is 1. The van der Waals surface area contributed by atoms with Crippen molar-refractivity contribution in [2.24, 2.45) is 5.73 Å². The number of likely N-dealkylation sites (N-methyl/N-ethyl adjacent to an activating group) is 1. The number of H-pyrrole nitrogens is 1. The lowest BCUT2D eigenvalue weighted by Gasteiger charge is -2.32. The van der Waals surface area contributed by atoms with Gasteiger partial charge in [-0.2, -0.15) is 0 Å². The first kappa shape index (κ1) is 41.2. The standard InChI is InChI=1S/C46H59N7O8/c1-4-6-16-24-48-40(54)28-41(55)50-38(26-33-29-49-35-22-15-14-21-34(33)35)46(60)53(3)39(23-7-5-2)45(59)52-37(27-42(56)61-30-32-19-12-9-13-20-32)44(58)51-36(43(47)57)25-31-17-10-8-11-18-31/h8-15,17-22,29,36-39,49H,4-7,16,23-28,30H2,1-3H3,(H2,47,57)(H,48,54)(H,50,55)(H,51,58)(H,52,59)/t36-,37-,38-,39-/m0/s1/i1T2,4T2. The third kappa shape index (κ3) is 15.2. The van der Waals surface area contributed by atoms with Gasteiger partial charge in [0.05, 0.1) is 6.42 Å². The number of aromatic nitrogens is 1. The smallest absolute Gasteiger partial charge is 0.308 e. The highest BCUT2D eigenvalue weighted by Gasteiger charge is 2.36. The van der Waals surface area contributed by atoms with Gasteiger partial charge in [0.15, 0.2) is 0 Å². The quantitative estimate of drug-likeness (QED) is 0.0327. The molecule has 0 radical (unpaired) electrons. The van der Waals surface area contributed by atoms with Crippen LogP contribution in [0, 0.1) is 0 Å². The molecule has 0 saturated carbocycles. The lowest BCUT2D eigenvalue weighted by atomic mass is 10.0. The van der Waals surface area contributed by atoms with Gasteiger partial charge in [0, 0.05) is 49.0 Å². The van der Waals surface area contributed by atoms with Crippen LogP contribution in [-0.4, -0.2) is 89.1 Å². The number of benzene rings is 3. The van der Waals surface area contributed by atoms with E-state index in [0.29, 0.717) is 29.5 Å². The van der Waals surface area contributed by atoms with Crippen molar-refractivity contribution in [3.05, 3.63) is 108 Å². The van der Waals surface area contributed by atoms with Crippen LogP contribution < -0.4 is 27.0 Å². The van der Waals surface area contributed by atoms with E-state index in [-0.39, 0.29) is 45.3 Å². The van der Waals surface area contributed by atoms with Crippen LogP contribution in [0.15, 0.2) is 91.1 Å². The number of hydrogen-bond donors (Lipinski definition) is 6. The molecule has 1 aromatic heterocycles. The molecule has 6 amide bonds. The summed E-state index contributed by atoms with van der Waals surface area (Å²) in [6.07, 6.45) is -0.555. The van der Waals surface area contributed by atoms with Gasteiger partial charge in [0.25, 0.3) is 0 Å². The Morgan fingerprint density at radius 1 is 0.787 bits per heavy atom. The number of carbonyl (C=O) groups is 7. The molecule has 0 aliphatic rings. The van der Waals surface area contributed by atoms with Crippen LogP contribution in [0.5, 0.6) is 0 Å². The van der Waals surface area contributed by atoms with Crippen molar-refractivity contribution in [1.82, 2.24) is 31.2 Å². The predicted octanol–water partition coefficient (Wildman–Crippen LogP) is 3.74. The Hall–Kier alpha value is -6.51. The summed E-state index contributed by atoms with van der Waals surface area (Å²) >= 11 is 0. The minimum absolute atomic E-state index is 0.00697. The minimum Gasteiger partial charge on any atom is -0.461 e. The monoisotopic (exact) mass is 845 g/mol. The molecule has 61 heavy (non-hydrogen) atoms. The van der Waals surface area contributed by atoms with Crippen molar-refractivity contribution in [2.75, 3.05) is 13.6 Å². The molecule has 0 spiro atoms. The SMILES string of the molecule is [3H]C([3H])C([3H])([3H])CCCNC(=O)CC(=O)N[C@@H](Cc1c[nH]c2ccccc12)C(=O)N(C)[C@@H](CCCC)C(=O)N[C@@H](CC(=O)OCc1ccccc1)C(=O)N[C@@H](Cc1ccccc1)C(N)=O. The zero-order valence-electron chi connectivity index (χ0n) is 38.6. The molecule has 4 aromatic rings. The molecule has 3 aromatic carbocycles. The summed E-state index contributed by atoms with van der Waals surface area (Å²) in [5.41, 5.74) is 8.50. The van der Waals surface area contributed by atoms with E-state index < -0.39 is 91.7 Å². The van der Waals surface area contributed by atoms with E-state index in [2.05, 4.69) is 26.3 Å². The number of amides is 6.